The number of oxime groups is 1. The highest BCUT2D eigenvalue weighted by Crippen LogP contribution is 2.29. The maximum Gasteiger partial charge on any atom is 0.229 e. The van der Waals surface area contributed by atoms with Gasteiger partial charge in [0, 0.05) is 32.5 Å². The van der Waals surface area contributed by atoms with E-state index in [1.165, 1.54) is 20.4 Å². The molecule has 0 aromatic carbocycles. The van der Waals surface area contributed by atoms with E-state index in [4.69, 9.17) is 24.2 Å². The SMILES string of the molecule is COC1C(C)OC(Oc2cc(C=NO)nc(-c3ccccn3)c2)C(OC)C1O. The van der Waals surface area contributed by atoms with Crippen molar-refractivity contribution in [2.24, 2.45) is 5.16 Å². The topological polar surface area (TPSA) is 116 Å². The van der Waals surface area contributed by atoms with Gasteiger partial charge in [-0.2, -0.15) is 0 Å². The van der Waals surface area contributed by atoms with Crippen molar-refractivity contribution in [2.45, 2.75) is 37.6 Å². The standard InChI is InChI=1S/C19H23N3O6/c1-11-17(25-2)16(23)18(26-3)19(27-11)28-13-8-12(10-21-24)22-15(9-13)14-6-4-5-7-20-14/h4-11,16-19,23-24H,1-3H3. The van der Waals surface area contributed by atoms with Crippen LogP contribution in [0, 0.1) is 0 Å². The van der Waals surface area contributed by atoms with Crippen LogP contribution in [0.4, 0.5) is 0 Å². The minimum Gasteiger partial charge on any atom is -0.462 e. The summed E-state index contributed by atoms with van der Waals surface area (Å²) in [5.74, 6) is 0.396. The Morgan fingerprint density at radius 3 is 2.57 bits per heavy atom. The molecule has 0 radical (unpaired) electrons. The molecule has 1 saturated heterocycles. The van der Waals surface area contributed by atoms with E-state index in [1.807, 2.05) is 6.07 Å². The van der Waals surface area contributed by atoms with Gasteiger partial charge in [-0.3, -0.25) is 4.98 Å². The Hall–Kier alpha value is -2.59. The summed E-state index contributed by atoms with van der Waals surface area (Å²) in [5.41, 5.74) is 1.52. The molecule has 1 aliphatic heterocycles. The minimum atomic E-state index is -0.931. The average Bonchev–Trinajstić information content (AvgIpc) is 2.69. The summed E-state index contributed by atoms with van der Waals surface area (Å²) in [6, 6.07) is 8.71. The molecule has 0 aliphatic carbocycles. The molecule has 3 heterocycles. The number of nitrogens with zero attached hydrogens (tertiary/aromatic N) is 3. The zero-order valence-corrected chi connectivity index (χ0v) is 15.8. The van der Waals surface area contributed by atoms with Gasteiger partial charge in [-0.25, -0.2) is 4.98 Å². The van der Waals surface area contributed by atoms with Gasteiger partial charge in [-0.15, -0.1) is 0 Å². The number of methoxy groups -OCH3 is 2. The molecule has 28 heavy (non-hydrogen) atoms. The van der Waals surface area contributed by atoms with Gasteiger partial charge < -0.3 is 29.3 Å². The van der Waals surface area contributed by atoms with E-state index in [9.17, 15) is 5.11 Å². The summed E-state index contributed by atoms with van der Waals surface area (Å²) in [7, 11) is 2.97. The van der Waals surface area contributed by atoms with Gasteiger partial charge in [0.25, 0.3) is 0 Å². The van der Waals surface area contributed by atoms with Crippen molar-refractivity contribution in [1.29, 1.82) is 0 Å². The number of ether oxygens (including phenoxy) is 4. The van der Waals surface area contributed by atoms with Gasteiger partial charge in [0.05, 0.1) is 29.4 Å². The maximum absolute atomic E-state index is 10.5. The van der Waals surface area contributed by atoms with Crippen LogP contribution in [-0.4, -0.2) is 71.4 Å². The van der Waals surface area contributed by atoms with E-state index >= 15 is 0 Å². The van der Waals surface area contributed by atoms with E-state index in [0.717, 1.165) is 0 Å². The Bertz CT molecular complexity index is 804. The lowest BCUT2D eigenvalue weighted by Gasteiger charge is -2.42. The zero-order valence-electron chi connectivity index (χ0n) is 15.8. The first-order valence-electron chi connectivity index (χ1n) is 8.74. The molecule has 2 aromatic heterocycles. The predicted molar refractivity (Wildman–Crippen MR) is 99.4 cm³/mol. The molecule has 5 atom stereocenters. The van der Waals surface area contributed by atoms with Crippen LogP contribution in [0.3, 0.4) is 0 Å². The molecule has 1 fully saturated rings. The van der Waals surface area contributed by atoms with Crippen LogP contribution in [0.25, 0.3) is 11.4 Å². The zero-order chi connectivity index (χ0) is 20.1. The van der Waals surface area contributed by atoms with Crippen molar-refractivity contribution < 1.29 is 29.3 Å². The van der Waals surface area contributed by atoms with E-state index < -0.39 is 30.7 Å². The van der Waals surface area contributed by atoms with Crippen LogP contribution in [0.2, 0.25) is 0 Å². The number of pyridine rings is 2. The first kappa shape index (κ1) is 20.2. The number of hydrogen-bond acceptors (Lipinski definition) is 9. The van der Waals surface area contributed by atoms with Gasteiger partial charge in [-0.05, 0) is 19.1 Å². The smallest absolute Gasteiger partial charge is 0.229 e. The molecule has 2 aromatic rings. The molecule has 9 heteroatoms. The number of rotatable bonds is 6. The van der Waals surface area contributed by atoms with E-state index in [0.29, 0.717) is 22.8 Å². The fraction of sp³-hybridized carbons (Fsp3) is 0.421. The number of aliphatic hydroxyl groups excluding tert-OH is 1. The third-order valence-corrected chi connectivity index (χ3v) is 4.49. The monoisotopic (exact) mass is 389 g/mol. The summed E-state index contributed by atoms with van der Waals surface area (Å²) in [5, 5.41) is 22.4. The van der Waals surface area contributed by atoms with Crippen LogP contribution in [0.1, 0.15) is 12.6 Å². The van der Waals surface area contributed by atoms with Crippen LogP contribution in [-0.2, 0) is 14.2 Å². The Balaban J connectivity index is 1.91. The van der Waals surface area contributed by atoms with Crippen LogP contribution in [0.15, 0.2) is 41.7 Å². The fourth-order valence-corrected chi connectivity index (χ4v) is 3.17. The van der Waals surface area contributed by atoms with Crippen molar-refractivity contribution in [3.05, 3.63) is 42.2 Å². The highest BCUT2D eigenvalue weighted by atomic mass is 16.7. The van der Waals surface area contributed by atoms with Crippen LogP contribution in [0.5, 0.6) is 5.75 Å². The Labute approximate surface area is 162 Å². The molecule has 150 valence electrons. The molecule has 0 amide bonds. The quantitative estimate of drug-likeness (QED) is 0.433. The molecule has 9 nitrogen and oxygen atoms in total. The molecule has 0 saturated carbocycles. The second-order valence-electron chi connectivity index (χ2n) is 6.29. The van der Waals surface area contributed by atoms with E-state index in [-0.39, 0.29) is 0 Å². The van der Waals surface area contributed by atoms with Crippen molar-refractivity contribution in [2.75, 3.05) is 14.2 Å². The molecule has 1 aliphatic rings. The normalized spacial score (nSPS) is 27.8. The molecule has 5 unspecified atom stereocenters. The van der Waals surface area contributed by atoms with Crippen molar-refractivity contribution in [3.8, 4) is 17.1 Å². The van der Waals surface area contributed by atoms with Gasteiger partial charge in [0.2, 0.25) is 6.29 Å². The van der Waals surface area contributed by atoms with E-state index in [1.54, 1.807) is 37.4 Å². The number of aliphatic hydroxyl groups is 1. The van der Waals surface area contributed by atoms with Gasteiger partial charge in [0.1, 0.15) is 24.1 Å². The van der Waals surface area contributed by atoms with Gasteiger partial charge in [-0.1, -0.05) is 11.2 Å². The van der Waals surface area contributed by atoms with E-state index in [2.05, 4.69) is 15.1 Å². The molecular weight excluding hydrogens is 366 g/mol. The number of aromatic nitrogens is 2. The predicted octanol–water partition coefficient (Wildman–Crippen LogP) is 1.47. The van der Waals surface area contributed by atoms with Gasteiger partial charge in [0.15, 0.2) is 0 Å². The van der Waals surface area contributed by atoms with Gasteiger partial charge >= 0.3 is 0 Å². The summed E-state index contributed by atoms with van der Waals surface area (Å²) in [6.45, 7) is 1.79. The van der Waals surface area contributed by atoms with Crippen LogP contribution < -0.4 is 4.74 Å². The maximum atomic E-state index is 10.5. The summed E-state index contributed by atoms with van der Waals surface area (Å²) in [4.78, 5) is 8.66. The Kier molecular flexibility index (Phi) is 6.53. The Morgan fingerprint density at radius 2 is 1.93 bits per heavy atom. The molecular formula is C19H23N3O6. The third kappa shape index (κ3) is 4.28. The lowest BCUT2D eigenvalue weighted by molar-refractivity contribution is -0.278. The second-order valence-corrected chi connectivity index (χ2v) is 6.29. The highest BCUT2D eigenvalue weighted by Gasteiger charge is 2.45. The summed E-state index contributed by atoms with van der Waals surface area (Å²) >= 11 is 0. The lowest BCUT2D eigenvalue weighted by atomic mass is 9.99. The molecule has 2 N–H and O–H groups in total. The largest absolute Gasteiger partial charge is 0.462 e. The summed E-state index contributed by atoms with van der Waals surface area (Å²) in [6.07, 6.45) is -0.678. The van der Waals surface area contributed by atoms with Crippen LogP contribution >= 0.6 is 0 Å². The number of hydrogen-bond donors (Lipinski definition) is 2. The molecule has 0 spiro atoms. The average molecular weight is 389 g/mol. The highest BCUT2D eigenvalue weighted by molar-refractivity contribution is 5.78. The molecule has 0 bridgehead atoms. The third-order valence-electron chi connectivity index (χ3n) is 4.49. The second kappa shape index (κ2) is 9.07. The van der Waals surface area contributed by atoms with Crippen molar-refractivity contribution in [3.63, 3.8) is 0 Å². The van der Waals surface area contributed by atoms with Crippen molar-refractivity contribution >= 4 is 6.21 Å². The fourth-order valence-electron chi connectivity index (χ4n) is 3.17. The lowest BCUT2D eigenvalue weighted by Crippen LogP contribution is -2.59. The minimum absolute atomic E-state index is 0.369. The Morgan fingerprint density at radius 1 is 1.14 bits per heavy atom. The molecule has 3 rings (SSSR count). The summed E-state index contributed by atoms with van der Waals surface area (Å²) < 4.78 is 22.5. The van der Waals surface area contributed by atoms with Crippen molar-refractivity contribution in [1.82, 2.24) is 9.97 Å². The first-order chi connectivity index (χ1) is 13.6. The first-order valence-corrected chi connectivity index (χ1v) is 8.74.